The number of anilines is 1. The lowest BCUT2D eigenvalue weighted by molar-refractivity contribution is -0.667. The molecule has 0 unspecified atom stereocenters. The molecule has 2 N–H and O–H groups in total. The molecule has 5 rings (SSSR count). The van der Waals surface area contributed by atoms with Crippen LogP contribution in [-0.4, -0.2) is 17.1 Å². The number of imidazole rings is 1. The first kappa shape index (κ1) is 21.6. The third-order valence-electron chi connectivity index (χ3n) is 5.57. The summed E-state index contributed by atoms with van der Waals surface area (Å²) >= 11 is 0. The minimum atomic E-state index is -0.000789. The molecule has 6 nitrogen and oxygen atoms in total. The second-order valence-corrected chi connectivity index (χ2v) is 7.49. The number of nitrogens with zero attached hydrogens (tertiary/aromatic N) is 2. The van der Waals surface area contributed by atoms with Crippen molar-refractivity contribution in [3.05, 3.63) is 84.6 Å². The molecule has 3 aromatic carbocycles. The Morgan fingerprint density at radius 2 is 1.59 bits per heavy atom. The molecule has 0 saturated heterocycles. The van der Waals surface area contributed by atoms with Crippen molar-refractivity contribution >= 4 is 11.7 Å². The van der Waals surface area contributed by atoms with Crippen LogP contribution in [0.5, 0.6) is 11.5 Å². The van der Waals surface area contributed by atoms with Crippen molar-refractivity contribution in [2.75, 3.05) is 12.5 Å². The van der Waals surface area contributed by atoms with Crippen LogP contribution in [0, 0.1) is 0 Å². The van der Waals surface area contributed by atoms with Gasteiger partial charge >= 0.3 is 5.95 Å². The second-order valence-electron chi connectivity index (χ2n) is 7.49. The van der Waals surface area contributed by atoms with Crippen molar-refractivity contribution in [2.45, 2.75) is 6.54 Å². The summed E-state index contributed by atoms with van der Waals surface area (Å²) in [6, 6.07) is 23.5. The van der Waals surface area contributed by atoms with Crippen LogP contribution in [0.3, 0.4) is 0 Å². The molecule has 0 spiro atoms. The Morgan fingerprint density at radius 3 is 2.34 bits per heavy atom. The largest absolute Gasteiger partial charge is 1.00 e. The van der Waals surface area contributed by atoms with Crippen molar-refractivity contribution < 1.29 is 35.8 Å². The third kappa shape index (κ3) is 3.99. The predicted octanol–water partition coefficient (Wildman–Crippen LogP) is 0.844. The summed E-state index contributed by atoms with van der Waals surface area (Å²) in [5, 5.41) is 0. The molecule has 4 aromatic rings. The quantitative estimate of drug-likeness (QED) is 0.331. The Kier molecular flexibility index (Phi) is 6.01. The molecule has 0 atom stereocenters. The van der Waals surface area contributed by atoms with Crippen LogP contribution in [0.25, 0.3) is 22.4 Å². The van der Waals surface area contributed by atoms with E-state index in [0.29, 0.717) is 17.3 Å². The van der Waals surface area contributed by atoms with Gasteiger partial charge in [-0.2, -0.15) is 0 Å². The zero-order valence-electron chi connectivity index (χ0n) is 17.5. The number of aromatic nitrogens is 2. The number of nitrogens with two attached hydrogens (primary N) is 1. The van der Waals surface area contributed by atoms with Gasteiger partial charge in [0, 0.05) is 11.1 Å². The molecular formula is C25H22BrN3O3. The van der Waals surface area contributed by atoms with Gasteiger partial charge in [-0.15, -0.1) is 0 Å². The fourth-order valence-corrected chi connectivity index (χ4v) is 3.79. The number of rotatable bonds is 5. The summed E-state index contributed by atoms with van der Waals surface area (Å²) in [6.07, 6.45) is 1.89. The summed E-state index contributed by atoms with van der Waals surface area (Å²) in [5.41, 5.74) is 11.0. The van der Waals surface area contributed by atoms with Gasteiger partial charge in [-0.25, -0.2) is 9.13 Å². The molecule has 0 amide bonds. The molecule has 162 valence electrons. The first-order valence-electron chi connectivity index (χ1n) is 10.0. The number of hydrogen-bond donors (Lipinski definition) is 1. The lowest BCUT2D eigenvalue weighted by atomic mass is 10.0. The zero-order valence-corrected chi connectivity index (χ0v) is 19.1. The second kappa shape index (κ2) is 8.88. The summed E-state index contributed by atoms with van der Waals surface area (Å²) < 4.78 is 14.5. The molecule has 0 saturated carbocycles. The van der Waals surface area contributed by atoms with E-state index in [9.17, 15) is 4.79 Å². The molecule has 2 heterocycles. The average Bonchev–Trinajstić information content (AvgIpc) is 3.39. The van der Waals surface area contributed by atoms with Crippen LogP contribution < -0.4 is 36.8 Å². The fourth-order valence-electron chi connectivity index (χ4n) is 3.79. The number of nitrogen functional groups attached to an aromatic ring is 1. The topological polar surface area (TPSA) is 70.4 Å². The molecule has 1 aliphatic rings. The van der Waals surface area contributed by atoms with Gasteiger partial charge in [0.1, 0.15) is 18.4 Å². The number of ether oxygens (including phenoxy) is 2. The van der Waals surface area contributed by atoms with E-state index in [4.69, 9.17) is 15.2 Å². The highest BCUT2D eigenvalue weighted by molar-refractivity contribution is 5.95. The van der Waals surface area contributed by atoms with Crippen molar-refractivity contribution in [2.24, 2.45) is 7.05 Å². The molecule has 32 heavy (non-hydrogen) atoms. The lowest BCUT2D eigenvalue weighted by Crippen LogP contribution is -3.00. The highest BCUT2D eigenvalue weighted by atomic mass is 79.9. The van der Waals surface area contributed by atoms with E-state index in [1.54, 1.807) is 4.57 Å². The van der Waals surface area contributed by atoms with Gasteiger partial charge in [-0.05, 0) is 29.3 Å². The number of benzene rings is 3. The van der Waals surface area contributed by atoms with Gasteiger partial charge in [0.05, 0.1) is 7.05 Å². The van der Waals surface area contributed by atoms with Crippen molar-refractivity contribution in [1.29, 1.82) is 0 Å². The number of hydrogen-bond acceptors (Lipinski definition) is 4. The standard InChI is InChI=1S/C25H21N3O3.BrH/c1-27-21(20-11-12-23-24(13-20)31-16-30-23)14-28(25(27)26)15-22(29)19-9-7-18(8-10-19)17-5-3-2-4-6-17;/h2-14,26H,15-16H2,1H3;1H. The maximum absolute atomic E-state index is 12.9. The van der Waals surface area contributed by atoms with Crippen molar-refractivity contribution in [3.8, 4) is 33.9 Å². The number of halogens is 1. The number of fused-ring (bicyclic) bond motifs is 1. The van der Waals surface area contributed by atoms with Gasteiger partial charge in [0.15, 0.2) is 17.3 Å². The summed E-state index contributed by atoms with van der Waals surface area (Å²) in [4.78, 5) is 12.9. The minimum absolute atomic E-state index is 0. The number of ketones is 1. The monoisotopic (exact) mass is 491 g/mol. The van der Waals surface area contributed by atoms with Gasteiger partial charge in [-0.3, -0.25) is 10.5 Å². The molecular weight excluding hydrogens is 470 g/mol. The van der Waals surface area contributed by atoms with Crippen LogP contribution in [0.4, 0.5) is 5.95 Å². The normalized spacial score (nSPS) is 11.8. The van der Waals surface area contributed by atoms with Crippen LogP contribution in [0.1, 0.15) is 10.4 Å². The van der Waals surface area contributed by atoms with E-state index < -0.39 is 0 Å². The van der Waals surface area contributed by atoms with Crippen LogP contribution in [-0.2, 0) is 13.6 Å². The molecule has 0 fully saturated rings. The van der Waals surface area contributed by atoms with Crippen molar-refractivity contribution in [3.63, 3.8) is 0 Å². The van der Waals surface area contributed by atoms with Gasteiger partial charge in [0.25, 0.3) is 0 Å². The first-order chi connectivity index (χ1) is 15.1. The molecule has 1 aliphatic heterocycles. The predicted molar refractivity (Wildman–Crippen MR) is 118 cm³/mol. The Labute approximate surface area is 196 Å². The molecule has 0 aliphatic carbocycles. The zero-order chi connectivity index (χ0) is 21.4. The van der Waals surface area contributed by atoms with E-state index in [1.807, 2.05) is 78.5 Å². The average molecular weight is 492 g/mol. The maximum atomic E-state index is 12.9. The molecule has 0 radical (unpaired) electrons. The Hall–Kier alpha value is -3.58. The summed E-state index contributed by atoms with van der Waals surface area (Å²) in [5.74, 6) is 1.94. The first-order valence-corrected chi connectivity index (χ1v) is 10.0. The van der Waals surface area contributed by atoms with E-state index in [2.05, 4.69) is 12.1 Å². The van der Waals surface area contributed by atoms with Crippen LogP contribution in [0.15, 0.2) is 79.0 Å². The molecule has 1 aromatic heterocycles. The van der Waals surface area contributed by atoms with Gasteiger partial charge < -0.3 is 26.5 Å². The minimum Gasteiger partial charge on any atom is -1.00 e. The highest BCUT2D eigenvalue weighted by Gasteiger charge is 2.22. The van der Waals surface area contributed by atoms with E-state index in [1.165, 1.54) is 0 Å². The number of carbonyl (C=O) groups is 1. The van der Waals surface area contributed by atoms with Crippen LogP contribution >= 0.6 is 0 Å². The summed E-state index contributed by atoms with van der Waals surface area (Å²) in [6.45, 7) is 0.389. The lowest BCUT2D eigenvalue weighted by Gasteiger charge is -2.04. The summed E-state index contributed by atoms with van der Waals surface area (Å²) in [7, 11) is 1.88. The third-order valence-corrected chi connectivity index (χ3v) is 5.57. The molecule has 0 bridgehead atoms. The van der Waals surface area contributed by atoms with Gasteiger partial charge in [-0.1, -0.05) is 54.6 Å². The van der Waals surface area contributed by atoms with Crippen molar-refractivity contribution in [1.82, 2.24) is 4.57 Å². The SMILES string of the molecule is Cn1c(-c2ccc3c(c2)OCO3)c[n+](CC(=O)c2ccc(-c3ccccc3)cc2)c1N.[Br-]. The Bertz CT molecular complexity index is 1270. The number of Topliss-reactive ketones (excluding diaryl/α,β-unsaturated/α-hetero) is 1. The molecule has 7 heteroatoms. The fraction of sp³-hybridized carbons (Fsp3) is 0.120. The smallest absolute Gasteiger partial charge is 0.355 e. The van der Waals surface area contributed by atoms with E-state index >= 15 is 0 Å². The number of carbonyl (C=O) groups excluding carboxylic acids is 1. The Morgan fingerprint density at radius 1 is 0.938 bits per heavy atom. The maximum Gasteiger partial charge on any atom is 0.355 e. The Balaban J connectivity index is 0.00000245. The highest BCUT2D eigenvalue weighted by Crippen LogP contribution is 2.35. The van der Waals surface area contributed by atoms with Crippen LogP contribution in [0.2, 0.25) is 0 Å². The van der Waals surface area contributed by atoms with E-state index in [0.717, 1.165) is 28.1 Å². The van der Waals surface area contributed by atoms with Gasteiger partial charge in [0.2, 0.25) is 6.79 Å². The van der Waals surface area contributed by atoms with E-state index in [-0.39, 0.29) is 36.1 Å².